The van der Waals surface area contributed by atoms with Crippen molar-refractivity contribution < 1.29 is 19.1 Å². The lowest BCUT2D eigenvalue weighted by molar-refractivity contribution is -0.122. The second kappa shape index (κ2) is 12.2. The van der Waals surface area contributed by atoms with E-state index >= 15 is 0 Å². The molecule has 2 N–H and O–H groups in total. The van der Waals surface area contributed by atoms with Crippen molar-refractivity contribution in [3.05, 3.63) is 88.5 Å². The van der Waals surface area contributed by atoms with Gasteiger partial charge in [-0.3, -0.25) is 20.2 Å². The third-order valence-corrected chi connectivity index (χ3v) is 5.38. The maximum atomic E-state index is 12.6. The summed E-state index contributed by atoms with van der Waals surface area (Å²) in [5, 5.41) is 7.00. The maximum absolute atomic E-state index is 12.6. The molecular weight excluding hydrogens is 517 g/mol. The molecule has 0 spiro atoms. The van der Waals surface area contributed by atoms with Crippen molar-refractivity contribution in [2.75, 3.05) is 13.2 Å². The molecule has 0 saturated heterocycles. The summed E-state index contributed by atoms with van der Waals surface area (Å²) in [6.07, 6.45) is 0. The predicted molar refractivity (Wildman–Crippen MR) is 142 cm³/mol. The number of halogens is 2. The van der Waals surface area contributed by atoms with E-state index in [4.69, 9.17) is 32.7 Å². The number of ether oxygens (including phenoxy) is 2. The number of guanidine groups is 1. The largest absolute Gasteiger partial charge is 0.484 e. The average molecular weight is 538 g/mol. The number of aromatic nitrogens is 2. The van der Waals surface area contributed by atoms with Crippen molar-refractivity contribution >= 4 is 57.8 Å². The van der Waals surface area contributed by atoms with E-state index < -0.39 is 11.8 Å². The van der Waals surface area contributed by atoms with Gasteiger partial charge in [-0.2, -0.15) is 4.99 Å². The Morgan fingerprint density at radius 3 is 1.84 bits per heavy atom. The molecule has 9 nitrogen and oxygen atoms in total. The van der Waals surface area contributed by atoms with E-state index in [1.54, 1.807) is 48.5 Å². The molecule has 4 aromatic rings. The summed E-state index contributed by atoms with van der Waals surface area (Å²) in [5.41, 5.74) is 1.36. The monoisotopic (exact) mass is 537 g/mol. The summed E-state index contributed by atoms with van der Waals surface area (Å²) in [6, 6.07) is 20.5. The Morgan fingerprint density at radius 1 is 0.784 bits per heavy atom. The molecule has 2 amide bonds. The van der Waals surface area contributed by atoms with Crippen LogP contribution < -0.4 is 20.1 Å². The van der Waals surface area contributed by atoms with Crippen LogP contribution in [0.25, 0.3) is 10.9 Å². The highest BCUT2D eigenvalue weighted by Crippen LogP contribution is 2.18. The Hall–Kier alpha value is -4.21. The van der Waals surface area contributed by atoms with Gasteiger partial charge in [0.15, 0.2) is 13.2 Å². The lowest BCUT2D eigenvalue weighted by Gasteiger charge is -2.12. The Balaban J connectivity index is 1.49. The van der Waals surface area contributed by atoms with Gasteiger partial charge >= 0.3 is 0 Å². The number of aliphatic imine (C=N–C) groups is 1. The third-order valence-electron chi connectivity index (χ3n) is 4.88. The number of amides is 2. The van der Waals surface area contributed by atoms with Crippen molar-refractivity contribution in [2.24, 2.45) is 4.99 Å². The van der Waals surface area contributed by atoms with Crippen molar-refractivity contribution in [3.8, 4) is 11.5 Å². The molecule has 0 aliphatic carbocycles. The molecule has 0 radical (unpaired) electrons. The summed E-state index contributed by atoms with van der Waals surface area (Å²) < 4.78 is 10.9. The van der Waals surface area contributed by atoms with Gasteiger partial charge in [0.25, 0.3) is 17.8 Å². The van der Waals surface area contributed by atoms with Gasteiger partial charge in [0.2, 0.25) is 5.96 Å². The molecular formula is C26H21Cl2N5O4. The van der Waals surface area contributed by atoms with Gasteiger partial charge in [0.1, 0.15) is 11.5 Å². The van der Waals surface area contributed by atoms with Gasteiger partial charge in [-0.05, 0) is 61.5 Å². The van der Waals surface area contributed by atoms with E-state index in [9.17, 15) is 9.59 Å². The van der Waals surface area contributed by atoms with Gasteiger partial charge in [-0.25, -0.2) is 9.97 Å². The molecule has 3 aromatic carbocycles. The van der Waals surface area contributed by atoms with E-state index in [2.05, 4.69) is 25.6 Å². The number of hydrogen-bond donors (Lipinski definition) is 2. The molecule has 1 heterocycles. The van der Waals surface area contributed by atoms with Crippen LogP contribution in [0.5, 0.6) is 11.5 Å². The second-order valence-electron chi connectivity index (χ2n) is 7.67. The second-order valence-corrected chi connectivity index (χ2v) is 8.54. The lowest BCUT2D eigenvalue weighted by Crippen LogP contribution is -2.46. The molecule has 0 bridgehead atoms. The Morgan fingerprint density at radius 2 is 1.30 bits per heavy atom. The quantitative estimate of drug-likeness (QED) is 0.262. The molecule has 188 valence electrons. The fourth-order valence-electron chi connectivity index (χ4n) is 3.15. The van der Waals surface area contributed by atoms with Gasteiger partial charge in [0, 0.05) is 15.4 Å². The number of benzene rings is 3. The van der Waals surface area contributed by atoms with Crippen LogP contribution in [0.15, 0.2) is 77.8 Å². The summed E-state index contributed by atoms with van der Waals surface area (Å²) in [4.78, 5) is 38.2. The molecule has 0 unspecified atom stereocenters. The Labute approximate surface area is 222 Å². The zero-order valence-electron chi connectivity index (χ0n) is 19.6. The van der Waals surface area contributed by atoms with Gasteiger partial charge in [0.05, 0.1) is 11.2 Å². The highest BCUT2D eigenvalue weighted by molar-refractivity contribution is 6.30. The molecule has 4 rings (SSSR count). The number of nitrogens with zero attached hydrogens (tertiary/aromatic N) is 3. The van der Waals surface area contributed by atoms with Crippen LogP contribution in [-0.4, -0.2) is 41.0 Å². The topological polar surface area (TPSA) is 115 Å². The van der Waals surface area contributed by atoms with E-state index in [0.29, 0.717) is 32.8 Å². The Kier molecular flexibility index (Phi) is 8.50. The number of carbonyl (C=O) groups excluding carboxylic acids is 2. The number of aryl methyl sites for hydroxylation is 1. The summed E-state index contributed by atoms with van der Waals surface area (Å²) in [5.74, 6) is -0.345. The van der Waals surface area contributed by atoms with E-state index in [0.717, 1.165) is 5.39 Å². The molecule has 0 aliphatic heterocycles. The summed E-state index contributed by atoms with van der Waals surface area (Å²) in [7, 11) is 0. The van der Waals surface area contributed by atoms with Crippen LogP contribution >= 0.6 is 23.2 Å². The van der Waals surface area contributed by atoms with Crippen molar-refractivity contribution in [1.82, 2.24) is 20.6 Å². The van der Waals surface area contributed by atoms with Gasteiger partial charge in [-0.15, -0.1) is 0 Å². The third kappa shape index (κ3) is 7.63. The normalized spacial score (nSPS) is 10.5. The van der Waals surface area contributed by atoms with Crippen molar-refractivity contribution in [3.63, 3.8) is 0 Å². The lowest BCUT2D eigenvalue weighted by atomic mass is 10.2. The molecule has 0 saturated carbocycles. The van der Waals surface area contributed by atoms with Crippen LogP contribution in [0, 0.1) is 6.92 Å². The molecule has 0 fully saturated rings. The van der Waals surface area contributed by atoms with Gasteiger partial charge in [-0.1, -0.05) is 41.4 Å². The highest BCUT2D eigenvalue weighted by atomic mass is 35.5. The van der Waals surface area contributed by atoms with Crippen molar-refractivity contribution in [2.45, 2.75) is 6.92 Å². The average Bonchev–Trinajstić information content (AvgIpc) is 2.88. The molecule has 0 aliphatic rings. The summed E-state index contributed by atoms with van der Waals surface area (Å²) >= 11 is 11.7. The van der Waals surface area contributed by atoms with E-state index in [1.165, 1.54) is 0 Å². The minimum absolute atomic E-state index is 0.0593. The molecule has 37 heavy (non-hydrogen) atoms. The standard InChI is InChI=1S/C26H21Cl2N5O4/c1-16-21-4-2-3-5-22(21)30-25(29-16)33-26(31-23(34)14-36-19-10-6-17(27)7-11-19)32-24(35)15-37-20-12-8-18(28)9-13-20/h2-13H,14-15H2,1H3,(H2,29,30,31,32,33,34,35). The molecule has 11 heteroatoms. The number of nitrogens with one attached hydrogen (secondary N) is 2. The Bertz CT molecular complexity index is 1380. The van der Waals surface area contributed by atoms with Crippen LogP contribution in [0.1, 0.15) is 5.69 Å². The fraction of sp³-hybridized carbons (Fsp3) is 0.115. The zero-order chi connectivity index (χ0) is 26.2. The van der Waals surface area contributed by atoms with Crippen LogP contribution in [-0.2, 0) is 9.59 Å². The summed E-state index contributed by atoms with van der Waals surface area (Å²) in [6.45, 7) is 1.14. The number of para-hydroxylation sites is 1. The maximum Gasteiger partial charge on any atom is 0.264 e. The van der Waals surface area contributed by atoms with E-state index in [1.807, 2.05) is 31.2 Å². The van der Waals surface area contributed by atoms with E-state index in [-0.39, 0.29) is 25.1 Å². The SMILES string of the molecule is Cc1nc(N=C(NC(=O)COc2ccc(Cl)cc2)NC(=O)COc2ccc(Cl)cc2)nc2ccccc12. The smallest absolute Gasteiger partial charge is 0.264 e. The first kappa shape index (κ1) is 25.9. The number of fused-ring (bicyclic) bond motifs is 1. The van der Waals surface area contributed by atoms with Crippen LogP contribution in [0.3, 0.4) is 0 Å². The first-order valence-electron chi connectivity index (χ1n) is 11.0. The molecule has 1 aromatic heterocycles. The number of rotatable bonds is 7. The highest BCUT2D eigenvalue weighted by Gasteiger charge is 2.14. The van der Waals surface area contributed by atoms with Gasteiger partial charge < -0.3 is 9.47 Å². The minimum atomic E-state index is -0.565. The van der Waals surface area contributed by atoms with Crippen LogP contribution in [0.2, 0.25) is 10.0 Å². The molecule has 0 atom stereocenters. The zero-order valence-corrected chi connectivity index (χ0v) is 21.1. The van der Waals surface area contributed by atoms with Crippen molar-refractivity contribution in [1.29, 1.82) is 0 Å². The first-order chi connectivity index (χ1) is 17.9. The van der Waals surface area contributed by atoms with Crippen LogP contribution in [0.4, 0.5) is 5.95 Å². The number of carbonyl (C=O) groups is 2. The predicted octanol–water partition coefficient (Wildman–Crippen LogP) is 4.62. The fourth-order valence-corrected chi connectivity index (χ4v) is 3.40. The minimum Gasteiger partial charge on any atom is -0.484 e. The number of hydrogen-bond acceptors (Lipinski definition) is 7. The first-order valence-corrected chi connectivity index (χ1v) is 11.8.